The number of nitrogens with zero attached hydrogens (tertiary/aromatic N) is 5. The highest BCUT2D eigenvalue weighted by Gasteiger charge is 2.14. The van der Waals surface area contributed by atoms with Crippen molar-refractivity contribution < 1.29 is 0 Å². The van der Waals surface area contributed by atoms with Crippen molar-refractivity contribution in [3.8, 4) is 11.4 Å². The Kier molecular flexibility index (Phi) is 5.98. The van der Waals surface area contributed by atoms with Crippen molar-refractivity contribution in [2.45, 2.75) is 20.8 Å². The molecule has 6 nitrogen and oxygen atoms in total. The highest BCUT2D eigenvalue weighted by atomic mass is 35.5. The molecule has 0 aliphatic carbocycles. The first kappa shape index (κ1) is 18.0. The second-order valence-electron chi connectivity index (χ2n) is 5.22. The zero-order chi connectivity index (χ0) is 16.2. The van der Waals surface area contributed by atoms with Gasteiger partial charge < -0.3 is 10.2 Å². The largest absolute Gasteiger partial charge is 0.370 e. The van der Waals surface area contributed by atoms with Crippen LogP contribution in [-0.2, 0) is 0 Å². The van der Waals surface area contributed by atoms with Gasteiger partial charge in [-0.05, 0) is 20.8 Å². The molecule has 1 N–H and O–H groups in total. The Bertz CT molecular complexity index is 782. The van der Waals surface area contributed by atoms with Crippen LogP contribution in [0.3, 0.4) is 0 Å². The fraction of sp³-hybridized carbons (Fsp3) is 0.353. The molecule has 128 valence electrons. The summed E-state index contributed by atoms with van der Waals surface area (Å²) < 4.78 is 1.78. The molecule has 24 heavy (non-hydrogen) atoms. The Hall–Kier alpha value is -2.34. The van der Waals surface area contributed by atoms with Crippen LogP contribution in [-0.4, -0.2) is 39.2 Å². The summed E-state index contributed by atoms with van der Waals surface area (Å²) in [6.45, 7) is 8.95. The minimum Gasteiger partial charge on any atom is -0.370 e. The molecule has 3 rings (SSSR count). The van der Waals surface area contributed by atoms with Crippen LogP contribution in [0.5, 0.6) is 0 Å². The van der Waals surface area contributed by atoms with E-state index in [1.54, 1.807) is 4.52 Å². The molecular formula is C17H23ClN6. The molecule has 0 bridgehead atoms. The minimum absolute atomic E-state index is 0. The molecule has 2 heterocycles. The molecule has 7 heteroatoms. The molecule has 1 aromatic carbocycles. The van der Waals surface area contributed by atoms with E-state index < -0.39 is 0 Å². The number of nitrogens with one attached hydrogen (secondary N) is 1. The van der Waals surface area contributed by atoms with Crippen LogP contribution in [0.25, 0.3) is 17.2 Å². The molecule has 0 saturated carbocycles. The third kappa shape index (κ3) is 3.43. The first-order valence-corrected chi connectivity index (χ1v) is 8.08. The van der Waals surface area contributed by atoms with E-state index in [0.29, 0.717) is 11.6 Å². The molecule has 0 aliphatic rings. The molecule has 3 aromatic rings. The van der Waals surface area contributed by atoms with Crippen molar-refractivity contribution >= 4 is 29.8 Å². The molecule has 0 amide bonds. The predicted octanol–water partition coefficient (Wildman–Crippen LogP) is 3.49. The fourth-order valence-electron chi connectivity index (χ4n) is 2.58. The summed E-state index contributed by atoms with van der Waals surface area (Å²) in [6.07, 6.45) is 0. The van der Waals surface area contributed by atoms with E-state index in [-0.39, 0.29) is 12.4 Å². The first-order valence-electron chi connectivity index (χ1n) is 8.08. The zero-order valence-corrected chi connectivity index (χ0v) is 15.0. The summed E-state index contributed by atoms with van der Waals surface area (Å²) in [5.74, 6) is 3.14. The van der Waals surface area contributed by atoms with E-state index in [1.807, 2.05) is 36.4 Å². The van der Waals surface area contributed by atoms with Gasteiger partial charge in [-0.2, -0.15) is 14.5 Å². The quantitative estimate of drug-likeness (QED) is 0.740. The zero-order valence-electron chi connectivity index (χ0n) is 14.2. The lowest BCUT2D eigenvalue weighted by molar-refractivity contribution is 0.836. The summed E-state index contributed by atoms with van der Waals surface area (Å²) in [4.78, 5) is 11.5. The Morgan fingerprint density at radius 3 is 2.38 bits per heavy atom. The topological polar surface area (TPSA) is 58.3 Å². The number of halogens is 1. The van der Waals surface area contributed by atoms with Gasteiger partial charge in [0.15, 0.2) is 5.82 Å². The van der Waals surface area contributed by atoms with Gasteiger partial charge in [-0.1, -0.05) is 30.3 Å². The summed E-state index contributed by atoms with van der Waals surface area (Å²) >= 11 is 0. The van der Waals surface area contributed by atoms with E-state index in [4.69, 9.17) is 0 Å². The van der Waals surface area contributed by atoms with E-state index >= 15 is 0 Å². The smallest absolute Gasteiger partial charge is 0.256 e. The fourth-order valence-corrected chi connectivity index (χ4v) is 2.58. The number of rotatable bonds is 6. The average molecular weight is 347 g/mol. The van der Waals surface area contributed by atoms with Crippen molar-refractivity contribution in [1.82, 2.24) is 19.6 Å². The van der Waals surface area contributed by atoms with Gasteiger partial charge in [0.05, 0.1) is 0 Å². The number of fused-ring (bicyclic) bond motifs is 1. The van der Waals surface area contributed by atoms with Gasteiger partial charge in [0, 0.05) is 31.3 Å². The molecule has 0 saturated heterocycles. The van der Waals surface area contributed by atoms with Gasteiger partial charge in [-0.15, -0.1) is 17.5 Å². The summed E-state index contributed by atoms with van der Waals surface area (Å²) in [7, 11) is 0. The van der Waals surface area contributed by atoms with Crippen LogP contribution >= 0.6 is 12.4 Å². The standard InChI is InChI=1S/C17H22N6.ClH/c1-4-18-14-12-15(22(5-2)6-3)19-17-20-16(21-23(14)17)13-10-8-7-9-11-13;/h7-12,18H,4-6H2,1-3H3;1H. The lowest BCUT2D eigenvalue weighted by Crippen LogP contribution is -2.23. The molecule has 2 aromatic heterocycles. The van der Waals surface area contributed by atoms with Gasteiger partial charge in [-0.25, -0.2) is 0 Å². The van der Waals surface area contributed by atoms with Crippen molar-refractivity contribution in [1.29, 1.82) is 0 Å². The first-order chi connectivity index (χ1) is 11.3. The Morgan fingerprint density at radius 2 is 1.75 bits per heavy atom. The Balaban J connectivity index is 0.00000208. The second-order valence-corrected chi connectivity index (χ2v) is 5.22. The molecule has 0 radical (unpaired) electrons. The molecule has 0 spiro atoms. The maximum absolute atomic E-state index is 4.68. The molecule has 0 atom stereocenters. The highest BCUT2D eigenvalue weighted by Crippen LogP contribution is 2.22. The predicted molar refractivity (Wildman–Crippen MR) is 101 cm³/mol. The monoisotopic (exact) mass is 346 g/mol. The van der Waals surface area contributed by atoms with Crippen LogP contribution in [0.15, 0.2) is 36.4 Å². The normalized spacial score (nSPS) is 10.5. The van der Waals surface area contributed by atoms with Crippen molar-refractivity contribution in [2.75, 3.05) is 29.9 Å². The molecular weight excluding hydrogens is 324 g/mol. The molecule has 0 aliphatic heterocycles. The number of anilines is 2. The van der Waals surface area contributed by atoms with Crippen LogP contribution in [0.4, 0.5) is 11.6 Å². The lowest BCUT2D eigenvalue weighted by Gasteiger charge is -2.20. The third-order valence-corrected chi connectivity index (χ3v) is 3.78. The maximum atomic E-state index is 4.68. The van der Waals surface area contributed by atoms with E-state index in [2.05, 4.69) is 46.1 Å². The second kappa shape index (κ2) is 7.97. The van der Waals surface area contributed by atoms with E-state index in [9.17, 15) is 0 Å². The van der Waals surface area contributed by atoms with Gasteiger partial charge in [0.1, 0.15) is 11.6 Å². The summed E-state index contributed by atoms with van der Waals surface area (Å²) in [6, 6.07) is 12.0. The summed E-state index contributed by atoms with van der Waals surface area (Å²) in [5.41, 5.74) is 0.991. The van der Waals surface area contributed by atoms with Gasteiger partial charge in [0.2, 0.25) is 0 Å². The van der Waals surface area contributed by atoms with E-state index in [0.717, 1.165) is 36.8 Å². The minimum atomic E-state index is 0. The number of hydrogen-bond donors (Lipinski definition) is 1. The SMILES string of the molecule is CCNc1cc(N(CC)CC)nc2nc(-c3ccccc3)nn12.Cl. The molecule has 0 fully saturated rings. The van der Waals surface area contributed by atoms with Gasteiger partial charge in [0.25, 0.3) is 5.78 Å². The average Bonchev–Trinajstić information content (AvgIpc) is 3.02. The molecule has 0 unspecified atom stereocenters. The number of aromatic nitrogens is 4. The van der Waals surface area contributed by atoms with Gasteiger partial charge >= 0.3 is 0 Å². The number of benzene rings is 1. The van der Waals surface area contributed by atoms with Gasteiger partial charge in [-0.3, -0.25) is 0 Å². The maximum Gasteiger partial charge on any atom is 0.256 e. The lowest BCUT2D eigenvalue weighted by atomic mass is 10.2. The number of hydrogen-bond acceptors (Lipinski definition) is 5. The van der Waals surface area contributed by atoms with Crippen LogP contribution in [0, 0.1) is 0 Å². The Morgan fingerprint density at radius 1 is 1.04 bits per heavy atom. The third-order valence-electron chi connectivity index (χ3n) is 3.78. The van der Waals surface area contributed by atoms with Crippen molar-refractivity contribution in [2.24, 2.45) is 0 Å². The van der Waals surface area contributed by atoms with Crippen molar-refractivity contribution in [3.63, 3.8) is 0 Å². The van der Waals surface area contributed by atoms with E-state index in [1.165, 1.54) is 0 Å². The highest BCUT2D eigenvalue weighted by molar-refractivity contribution is 5.85. The van der Waals surface area contributed by atoms with Crippen LogP contribution < -0.4 is 10.2 Å². The van der Waals surface area contributed by atoms with Crippen LogP contribution in [0.2, 0.25) is 0 Å². The van der Waals surface area contributed by atoms with Crippen molar-refractivity contribution in [3.05, 3.63) is 36.4 Å². The Labute approximate surface area is 148 Å². The van der Waals surface area contributed by atoms with Crippen LogP contribution in [0.1, 0.15) is 20.8 Å². The summed E-state index contributed by atoms with van der Waals surface area (Å²) in [5, 5.41) is 7.97.